The van der Waals surface area contributed by atoms with Crippen LogP contribution in [0.5, 0.6) is 5.75 Å². The number of phenols is 1. The highest BCUT2D eigenvalue weighted by Gasteiger charge is 2.04. The number of hydrogen-bond acceptors (Lipinski definition) is 3. The number of aromatic amines is 1. The summed E-state index contributed by atoms with van der Waals surface area (Å²) in [6.07, 6.45) is 2.04. The van der Waals surface area contributed by atoms with Gasteiger partial charge in [0.1, 0.15) is 5.75 Å². The summed E-state index contributed by atoms with van der Waals surface area (Å²) in [4.78, 5) is 24.6. The molecule has 0 aliphatic heterocycles. The molecule has 0 aliphatic carbocycles. The number of carbonyl (C=O) groups excluding carboxylic acids is 1. The zero-order valence-electron chi connectivity index (χ0n) is 7.15. The predicted molar refractivity (Wildman–Crippen MR) is 51.6 cm³/mol. The van der Waals surface area contributed by atoms with Gasteiger partial charge in [0.2, 0.25) is 0 Å². The molecular weight excluding hydrogens is 182 g/mol. The van der Waals surface area contributed by atoms with Crippen molar-refractivity contribution in [2.45, 2.75) is 0 Å². The molecule has 0 fully saturated rings. The Morgan fingerprint density at radius 2 is 2.14 bits per heavy atom. The molecule has 14 heavy (non-hydrogen) atoms. The Kier molecular flexibility index (Phi) is 1.81. The van der Waals surface area contributed by atoms with Gasteiger partial charge in [-0.2, -0.15) is 0 Å². The van der Waals surface area contributed by atoms with Crippen molar-refractivity contribution in [2.75, 3.05) is 0 Å². The molecular formula is C10H7NO3. The molecule has 0 spiro atoms. The second-order valence-corrected chi connectivity index (χ2v) is 2.92. The highest BCUT2D eigenvalue weighted by molar-refractivity contribution is 5.89. The number of hydrogen-bond donors (Lipinski definition) is 2. The van der Waals surface area contributed by atoms with Crippen molar-refractivity contribution in [2.24, 2.45) is 0 Å². The Morgan fingerprint density at radius 1 is 1.36 bits per heavy atom. The second-order valence-electron chi connectivity index (χ2n) is 2.92. The van der Waals surface area contributed by atoms with Gasteiger partial charge in [0.15, 0.2) is 11.7 Å². The zero-order valence-corrected chi connectivity index (χ0v) is 7.15. The standard InChI is InChI=1S/C10H7NO3/c12-5-6-3-8-7(4-10(6)14)9(13)1-2-11-8/h1-5,14H,(H,11,13). The molecule has 0 atom stereocenters. The van der Waals surface area contributed by atoms with E-state index < -0.39 is 0 Å². The van der Waals surface area contributed by atoms with Crippen LogP contribution in [0.3, 0.4) is 0 Å². The van der Waals surface area contributed by atoms with Gasteiger partial charge in [-0.25, -0.2) is 0 Å². The molecule has 0 amide bonds. The average Bonchev–Trinajstić information content (AvgIpc) is 2.19. The maximum atomic E-state index is 11.3. The van der Waals surface area contributed by atoms with Gasteiger partial charge >= 0.3 is 0 Å². The third-order valence-corrected chi connectivity index (χ3v) is 2.03. The zero-order chi connectivity index (χ0) is 10.1. The first-order chi connectivity index (χ1) is 6.72. The molecule has 4 heteroatoms. The maximum absolute atomic E-state index is 11.3. The molecule has 1 aromatic heterocycles. The maximum Gasteiger partial charge on any atom is 0.189 e. The summed E-state index contributed by atoms with van der Waals surface area (Å²) < 4.78 is 0. The van der Waals surface area contributed by atoms with Gasteiger partial charge in [0, 0.05) is 17.6 Å². The van der Waals surface area contributed by atoms with Crippen molar-refractivity contribution in [1.82, 2.24) is 4.98 Å². The number of nitrogens with one attached hydrogen (secondary N) is 1. The van der Waals surface area contributed by atoms with E-state index in [1.165, 1.54) is 24.4 Å². The molecule has 1 aromatic carbocycles. The van der Waals surface area contributed by atoms with Crippen molar-refractivity contribution in [1.29, 1.82) is 0 Å². The van der Waals surface area contributed by atoms with E-state index in [1.54, 1.807) is 0 Å². The lowest BCUT2D eigenvalue weighted by molar-refractivity contribution is 0.112. The normalized spacial score (nSPS) is 10.3. The largest absolute Gasteiger partial charge is 0.507 e. The van der Waals surface area contributed by atoms with E-state index >= 15 is 0 Å². The van der Waals surface area contributed by atoms with Gasteiger partial charge in [-0.05, 0) is 12.1 Å². The molecule has 2 rings (SSSR count). The number of aromatic hydroxyl groups is 1. The molecule has 70 valence electrons. The molecule has 1 heterocycles. The summed E-state index contributed by atoms with van der Waals surface area (Å²) in [5, 5.41) is 9.72. The SMILES string of the molecule is O=Cc1cc2[nH]ccc(=O)c2cc1O. The van der Waals surface area contributed by atoms with Crippen molar-refractivity contribution < 1.29 is 9.90 Å². The van der Waals surface area contributed by atoms with E-state index in [2.05, 4.69) is 4.98 Å². The van der Waals surface area contributed by atoms with E-state index in [9.17, 15) is 14.7 Å². The number of aromatic nitrogens is 1. The number of aldehydes is 1. The van der Waals surface area contributed by atoms with Crippen LogP contribution in [-0.2, 0) is 0 Å². The van der Waals surface area contributed by atoms with E-state index in [0.717, 1.165) is 0 Å². The first kappa shape index (κ1) is 8.50. The number of phenolic OH excluding ortho intramolecular Hbond substituents is 1. The monoisotopic (exact) mass is 189 g/mol. The third-order valence-electron chi connectivity index (χ3n) is 2.03. The first-order valence-electron chi connectivity index (χ1n) is 4.02. The second kappa shape index (κ2) is 2.99. The summed E-state index contributed by atoms with van der Waals surface area (Å²) in [5.74, 6) is -0.177. The molecule has 0 saturated heterocycles. The summed E-state index contributed by atoms with van der Waals surface area (Å²) in [7, 11) is 0. The number of rotatable bonds is 1. The summed E-state index contributed by atoms with van der Waals surface area (Å²) in [6.45, 7) is 0. The fourth-order valence-corrected chi connectivity index (χ4v) is 1.32. The molecule has 0 aliphatic rings. The van der Waals surface area contributed by atoms with Crippen LogP contribution < -0.4 is 5.43 Å². The van der Waals surface area contributed by atoms with Crippen molar-refractivity contribution in [3.63, 3.8) is 0 Å². The number of pyridine rings is 1. The number of carbonyl (C=O) groups is 1. The first-order valence-corrected chi connectivity index (χ1v) is 4.02. The van der Waals surface area contributed by atoms with Crippen LogP contribution in [0.15, 0.2) is 29.2 Å². The minimum absolute atomic E-state index is 0.166. The topological polar surface area (TPSA) is 70.2 Å². The highest BCUT2D eigenvalue weighted by Crippen LogP contribution is 2.19. The Morgan fingerprint density at radius 3 is 2.86 bits per heavy atom. The van der Waals surface area contributed by atoms with Crippen LogP contribution in [0.1, 0.15) is 10.4 Å². The molecule has 0 bridgehead atoms. The van der Waals surface area contributed by atoms with Crippen LogP contribution in [0.4, 0.5) is 0 Å². The molecule has 0 unspecified atom stereocenters. The highest BCUT2D eigenvalue weighted by atomic mass is 16.3. The lowest BCUT2D eigenvalue weighted by Gasteiger charge is -2.00. The Labute approximate surface area is 78.8 Å². The summed E-state index contributed by atoms with van der Waals surface area (Å²) in [6, 6.07) is 4.10. The van der Waals surface area contributed by atoms with Crippen molar-refractivity contribution in [3.05, 3.63) is 40.2 Å². The van der Waals surface area contributed by atoms with Gasteiger partial charge in [0.05, 0.1) is 11.1 Å². The minimum Gasteiger partial charge on any atom is -0.507 e. The molecule has 2 N–H and O–H groups in total. The fourth-order valence-electron chi connectivity index (χ4n) is 1.32. The molecule has 0 saturated carbocycles. The number of fused-ring (bicyclic) bond motifs is 1. The molecule has 2 aromatic rings. The average molecular weight is 189 g/mol. The van der Waals surface area contributed by atoms with E-state index in [1.807, 2.05) is 0 Å². The lowest BCUT2D eigenvalue weighted by Crippen LogP contribution is -2.00. The van der Waals surface area contributed by atoms with Crippen LogP contribution in [0.25, 0.3) is 10.9 Å². The summed E-state index contributed by atoms with van der Waals surface area (Å²) in [5.41, 5.74) is 0.517. The van der Waals surface area contributed by atoms with Crippen LogP contribution >= 0.6 is 0 Å². The van der Waals surface area contributed by atoms with Crippen LogP contribution in [-0.4, -0.2) is 16.4 Å². The lowest BCUT2D eigenvalue weighted by atomic mass is 10.1. The van der Waals surface area contributed by atoms with Crippen molar-refractivity contribution in [3.8, 4) is 5.75 Å². The predicted octanol–water partition coefficient (Wildman–Crippen LogP) is 1.05. The van der Waals surface area contributed by atoms with Gasteiger partial charge in [-0.1, -0.05) is 0 Å². The summed E-state index contributed by atoms with van der Waals surface area (Å²) >= 11 is 0. The Balaban J connectivity index is 2.93. The van der Waals surface area contributed by atoms with Crippen LogP contribution in [0, 0.1) is 0 Å². The molecule has 4 nitrogen and oxygen atoms in total. The smallest absolute Gasteiger partial charge is 0.189 e. The van der Waals surface area contributed by atoms with E-state index in [0.29, 0.717) is 17.2 Å². The van der Waals surface area contributed by atoms with Gasteiger partial charge in [0.25, 0.3) is 0 Å². The van der Waals surface area contributed by atoms with Gasteiger partial charge < -0.3 is 10.1 Å². The minimum atomic E-state index is -0.188. The van der Waals surface area contributed by atoms with Crippen LogP contribution in [0.2, 0.25) is 0 Å². The van der Waals surface area contributed by atoms with Gasteiger partial charge in [-0.15, -0.1) is 0 Å². The fraction of sp³-hybridized carbons (Fsp3) is 0. The van der Waals surface area contributed by atoms with E-state index in [4.69, 9.17) is 0 Å². The number of H-pyrrole nitrogens is 1. The van der Waals surface area contributed by atoms with E-state index in [-0.39, 0.29) is 16.7 Å². The van der Waals surface area contributed by atoms with Gasteiger partial charge in [-0.3, -0.25) is 9.59 Å². The number of benzene rings is 1. The quantitative estimate of drug-likeness (QED) is 0.658. The third kappa shape index (κ3) is 1.17. The Bertz CT molecular complexity index is 557. The molecule has 0 radical (unpaired) electrons. The Hall–Kier alpha value is -2.10. The van der Waals surface area contributed by atoms with Crippen molar-refractivity contribution >= 4 is 17.2 Å².